The monoisotopic (exact) mass is 254 g/mol. The van der Waals surface area contributed by atoms with Crippen molar-refractivity contribution in [3.63, 3.8) is 0 Å². The lowest BCUT2D eigenvalue weighted by Crippen LogP contribution is -2.29. The van der Waals surface area contributed by atoms with Crippen LogP contribution in [0, 0.1) is 17.6 Å². The molecular weight excluding hydrogens is 234 g/mol. The molecule has 4 heteroatoms. The van der Waals surface area contributed by atoms with E-state index in [0.717, 1.165) is 31.6 Å². The Labute approximate surface area is 107 Å². The molecule has 1 N–H and O–H groups in total. The number of nitrogens with zero attached hydrogens (tertiary/aromatic N) is 1. The molecule has 0 bridgehead atoms. The third-order valence-corrected chi connectivity index (χ3v) is 3.78. The van der Waals surface area contributed by atoms with Gasteiger partial charge in [-0.2, -0.15) is 0 Å². The Morgan fingerprint density at radius 2 is 2.11 bits per heavy atom. The first-order chi connectivity index (χ1) is 8.67. The van der Waals surface area contributed by atoms with Gasteiger partial charge in [-0.1, -0.05) is 13.0 Å². The van der Waals surface area contributed by atoms with E-state index in [9.17, 15) is 8.78 Å². The molecule has 1 fully saturated rings. The van der Waals surface area contributed by atoms with Crippen LogP contribution in [0.1, 0.15) is 24.9 Å². The number of likely N-dealkylation sites (tertiary alicyclic amines) is 1. The van der Waals surface area contributed by atoms with Gasteiger partial charge in [0.05, 0.1) is 0 Å². The largest absolute Gasteiger partial charge is 0.319 e. The number of halogens is 2. The molecule has 1 aliphatic heterocycles. The van der Waals surface area contributed by atoms with Gasteiger partial charge in [0.2, 0.25) is 0 Å². The third kappa shape index (κ3) is 2.54. The van der Waals surface area contributed by atoms with E-state index in [2.05, 4.69) is 17.1 Å². The van der Waals surface area contributed by atoms with Crippen molar-refractivity contribution in [2.75, 3.05) is 26.7 Å². The Hall–Kier alpha value is -1.00. The van der Waals surface area contributed by atoms with Crippen molar-refractivity contribution in [1.82, 2.24) is 10.2 Å². The highest BCUT2D eigenvalue weighted by Gasteiger charge is 2.34. The van der Waals surface area contributed by atoms with Crippen LogP contribution in [0.15, 0.2) is 18.2 Å². The van der Waals surface area contributed by atoms with E-state index in [1.165, 1.54) is 12.1 Å². The standard InChI is InChI=1S/C14H20F2N2/c1-3-18-7-6-11(9-17-2)14(18)10-4-5-12(15)13(16)8-10/h4-5,8,11,14,17H,3,6-7,9H2,1-2H3. The summed E-state index contributed by atoms with van der Waals surface area (Å²) in [6.45, 7) is 4.96. The van der Waals surface area contributed by atoms with Gasteiger partial charge in [-0.3, -0.25) is 4.90 Å². The van der Waals surface area contributed by atoms with E-state index < -0.39 is 11.6 Å². The highest BCUT2D eigenvalue weighted by molar-refractivity contribution is 5.23. The van der Waals surface area contributed by atoms with Gasteiger partial charge >= 0.3 is 0 Å². The van der Waals surface area contributed by atoms with Crippen LogP contribution >= 0.6 is 0 Å². The van der Waals surface area contributed by atoms with Crippen LogP contribution in [0.2, 0.25) is 0 Å². The van der Waals surface area contributed by atoms with Gasteiger partial charge in [0.15, 0.2) is 11.6 Å². The van der Waals surface area contributed by atoms with Crippen molar-refractivity contribution < 1.29 is 8.78 Å². The normalized spacial score (nSPS) is 24.7. The van der Waals surface area contributed by atoms with Crippen molar-refractivity contribution in [2.45, 2.75) is 19.4 Å². The minimum Gasteiger partial charge on any atom is -0.319 e. The summed E-state index contributed by atoms with van der Waals surface area (Å²) < 4.78 is 26.4. The minimum absolute atomic E-state index is 0.192. The molecule has 1 saturated heterocycles. The first-order valence-electron chi connectivity index (χ1n) is 6.51. The molecule has 1 aromatic rings. The van der Waals surface area contributed by atoms with E-state index in [0.29, 0.717) is 5.92 Å². The van der Waals surface area contributed by atoms with Crippen molar-refractivity contribution in [3.05, 3.63) is 35.4 Å². The Morgan fingerprint density at radius 1 is 1.33 bits per heavy atom. The van der Waals surface area contributed by atoms with Gasteiger partial charge in [0.25, 0.3) is 0 Å². The number of hydrogen-bond acceptors (Lipinski definition) is 2. The molecule has 0 spiro atoms. The summed E-state index contributed by atoms with van der Waals surface area (Å²) in [4.78, 5) is 2.33. The topological polar surface area (TPSA) is 15.3 Å². The summed E-state index contributed by atoms with van der Waals surface area (Å²) in [5, 5.41) is 3.19. The highest BCUT2D eigenvalue weighted by Crippen LogP contribution is 2.36. The van der Waals surface area contributed by atoms with Crippen LogP contribution in [-0.2, 0) is 0 Å². The van der Waals surface area contributed by atoms with E-state index in [1.54, 1.807) is 6.07 Å². The van der Waals surface area contributed by atoms with Crippen LogP contribution < -0.4 is 5.32 Å². The average Bonchev–Trinajstić information content (AvgIpc) is 2.76. The van der Waals surface area contributed by atoms with Gasteiger partial charge in [-0.05, 0) is 56.7 Å². The molecule has 2 nitrogen and oxygen atoms in total. The van der Waals surface area contributed by atoms with E-state index in [4.69, 9.17) is 0 Å². The van der Waals surface area contributed by atoms with Crippen molar-refractivity contribution >= 4 is 0 Å². The molecular formula is C14H20F2N2. The molecule has 0 amide bonds. The number of benzene rings is 1. The average molecular weight is 254 g/mol. The van der Waals surface area contributed by atoms with Crippen molar-refractivity contribution in [2.24, 2.45) is 5.92 Å². The maximum atomic E-state index is 13.4. The quantitative estimate of drug-likeness (QED) is 0.888. The van der Waals surface area contributed by atoms with Crippen LogP contribution in [0.5, 0.6) is 0 Å². The molecule has 1 aliphatic rings. The minimum atomic E-state index is -0.773. The van der Waals surface area contributed by atoms with Crippen molar-refractivity contribution in [3.8, 4) is 0 Å². The van der Waals surface area contributed by atoms with Gasteiger partial charge < -0.3 is 5.32 Å². The van der Waals surface area contributed by atoms with Gasteiger partial charge in [0, 0.05) is 6.04 Å². The second-order valence-corrected chi connectivity index (χ2v) is 4.85. The van der Waals surface area contributed by atoms with Crippen LogP contribution in [0.4, 0.5) is 8.78 Å². The molecule has 0 aliphatic carbocycles. The zero-order chi connectivity index (χ0) is 13.1. The van der Waals surface area contributed by atoms with Crippen LogP contribution in [0.3, 0.4) is 0 Å². The number of hydrogen-bond donors (Lipinski definition) is 1. The Morgan fingerprint density at radius 3 is 2.72 bits per heavy atom. The summed E-state index contributed by atoms with van der Waals surface area (Å²) in [6.07, 6.45) is 1.10. The molecule has 0 aromatic heterocycles. The predicted molar refractivity (Wildman–Crippen MR) is 68.4 cm³/mol. The first kappa shape index (κ1) is 13.4. The molecule has 1 aromatic carbocycles. The first-order valence-corrected chi connectivity index (χ1v) is 6.51. The molecule has 2 rings (SSSR count). The zero-order valence-electron chi connectivity index (χ0n) is 10.9. The van der Waals surface area contributed by atoms with E-state index in [-0.39, 0.29) is 6.04 Å². The van der Waals surface area contributed by atoms with Gasteiger partial charge in [-0.25, -0.2) is 8.78 Å². The number of rotatable bonds is 4. The van der Waals surface area contributed by atoms with Crippen molar-refractivity contribution in [1.29, 1.82) is 0 Å². The molecule has 100 valence electrons. The summed E-state index contributed by atoms with van der Waals surface area (Å²) in [5.74, 6) is -1.07. The maximum Gasteiger partial charge on any atom is 0.159 e. The number of nitrogens with one attached hydrogen (secondary N) is 1. The Balaban J connectivity index is 2.28. The maximum absolute atomic E-state index is 13.4. The van der Waals surface area contributed by atoms with Gasteiger partial charge in [-0.15, -0.1) is 0 Å². The third-order valence-electron chi connectivity index (χ3n) is 3.78. The summed E-state index contributed by atoms with van der Waals surface area (Å²) in [6, 6.07) is 4.47. The lowest BCUT2D eigenvalue weighted by Gasteiger charge is -2.27. The molecule has 2 atom stereocenters. The molecule has 0 saturated carbocycles. The van der Waals surface area contributed by atoms with Crippen LogP contribution in [0.25, 0.3) is 0 Å². The highest BCUT2D eigenvalue weighted by atomic mass is 19.2. The summed E-state index contributed by atoms with van der Waals surface area (Å²) in [7, 11) is 1.93. The Bertz CT molecular complexity index is 409. The molecule has 1 heterocycles. The summed E-state index contributed by atoms with van der Waals surface area (Å²) >= 11 is 0. The van der Waals surface area contributed by atoms with Gasteiger partial charge in [0.1, 0.15) is 0 Å². The fourth-order valence-corrected chi connectivity index (χ4v) is 2.94. The fraction of sp³-hybridized carbons (Fsp3) is 0.571. The lowest BCUT2D eigenvalue weighted by molar-refractivity contribution is 0.237. The second kappa shape index (κ2) is 5.76. The van der Waals surface area contributed by atoms with E-state index in [1.807, 2.05) is 7.05 Å². The summed E-state index contributed by atoms with van der Waals surface area (Å²) in [5.41, 5.74) is 0.883. The van der Waals surface area contributed by atoms with Crippen LogP contribution in [-0.4, -0.2) is 31.6 Å². The SMILES string of the molecule is CCN1CCC(CNC)C1c1ccc(F)c(F)c1. The Kier molecular flexibility index (Phi) is 4.30. The molecule has 18 heavy (non-hydrogen) atoms. The molecule has 0 radical (unpaired) electrons. The predicted octanol–water partition coefficient (Wildman–Crippen LogP) is 2.57. The second-order valence-electron chi connectivity index (χ2n) is 4.85. The molecule has 2 unspecified atom stereocenters. The zero-order valence-corrected chi connectivity index (χ0v) is 10.9. The van der Waals surface area contributed by atoms with E-state index >= 15 is 0 Å². The smallest absolute Gasteiger partial charge is 0.159 e. The fourth-order valence-electron chi connectivity index (χ4n) is 2.94. The lowest BCUT2D eigenvalue weighted by atomic mass is 9.93.